The summed E-state index contributed by atoms with van der Waals surface area (Å²) < 4.78 is 6.09. The number of fused-ring (bicyclic) bond motifs is 1. The summed E-state index contributed by atoms with van der Waals surface area (Å²) in [5.74, 6) is 1.57. The van der Waals surface area contributed by atoms with Crippen LogP contribution in [-0.4, -0.2) is 17.0 Å². The molecule has 0 amide bonds. The first kappa shape index (κ1) is 13.5. The van der Waals surface area contributed by atoms with Gasteiger partial charge in [0.2, 0.25) is 5.71 Å². The Labute approximate surface area is 133 Å². The first-order chi connectivity index (χ1) is 11.4. The van der Waals surface area contributed by atoms with Crippen LogP contribution in [0.1, 0.15) is 0 Å². The number of furan rings is 1. The molecule has 4 aromatic rings. The van der Waals surface area contributed by atoms with Gasteiger partial charge in [-0.1, -0.05) is 60.7 Å². The zero-order valence-corrected chi connectivity index (χ0v) is 12.7. The van der Waals surface area contributed by atoms with Gasteiger partial charge in [-0.05, 0) is 5.56 Å². The zero-order valence-electron chi connectivity index (χ0n) is 12.7. The average molecular weight is 301 g/mol. The van der Waals surface area contributed by atoms with Crippen molar-refractivity contribution in [1.29, 1.82) is 0 Å². The average Bonchev–Trinajstić information content (AvgIpc) is 3.03. The summed E-state index contributed by atoms with van der Waals surface area (Å²) in [5, 5.41) is 4.04. The lowest BCUT2D eigenvalue weighted by molar-refractivity contribution is 0.618. The van der Waals surface area contributed by atoms with Crippen molar-refractivity contribution in [3.05, 3.63) is 67.0 Å². The van der Waals surface area contributed by atoms with Crippen LogP contribution in [0.3, 0.4) is 0 Å². The molecule has 0 unspecified atom stereocenters. The van der Waals surface area contributed by atoms with Gasteiger partial charge in [0.15, 0.2) is 0 Å². The summed E-state index contributed by atoms with van der Waals surface area (Å²) in [6, 6.07) is 20.3. The number of rotatable bonds is 3. The van der Waals surface area contributed by atoms with E-state index in [1.165, 1.54) is 6.33 Å². The second-order valence-electron chi connectivity index (χ2n) is 5.19. The van der Waals surface area contributed by atoms with Crippen LogP contribution < -0.4 is 5.32 Å². The summed E-state index contributed by atoms with van der Waals surface area (Å²) in [6.07, 6.45) is 1.52. The smallest absolute Gasteiger partial charge is 0.232 e. The number of hydrogen-bond donors (Lipinski definition) is 1. The Kier molecular flexibility index (Phi) is 3.27. The number of nitrogens with zero attached hydrogens (tertiary/aromatic N) is 2. The van der Waals surface area contributed by atoms with E-state index < -0.39 is 0 Å². The molecule has 0 bridgehead atoms. The van der Waals surface area contributed by atoms with Gasteiger partial charge in [0.1, 0.15) is 17.9 Å². The maximum Gasteiger partial charge on any atom is 0.232 e. The molecule has 0 saturated heterocycles. The van der Waals surface area contributed by atoms with E-state index in [-0.39, 0.29) is 0 Å². The van der Waals surface area contributed by atoms with Gasteiger partial charge >= 0.3 is 0 Å². The molecular weight excluding hydrogens is 286 g/mol. The first-order valence-corrected chi connectivity index (χ1v) is 7.44. The van der Waals surface area contributed by atoms with Crippen LogP contribution in [0.5, 0.6) is 0 Å². The summed E-state index contributed by atoms with van der Waals surface area (Å²) >= 11 is 0. The zero-order chi connectivity index (χ0) is 15.6. The van der Waals surface area contributed by atoms with E-state index in [4.69, 9.17) is 4.42 Å². The van der Waals surface area contributed by atoms with Crippen LogP contribution in [0.2, 0.25) is 0 Å². The van der Waals surface area contributed by atoms with E-state index in [0.29, 0.717) is 5.71 Å². The number of aromatic nitrogens is 2. The van der Waals surface area contributed by atoms with E-state index >= 15 is 0 Å². The highest BCUT2D eigenvalue weighted by Gasteiger charge is 2.21. The van der Waals surface area contributed by atoms with Crippen LogP contribution in [0, 0.1) is 0 Å². The predicted molar refractivity (Wildman–Crippen MR) is 92.2 cm³/mol. The van der Waals surface area contributed by atoms with E-state index in [0.717, 1.165) is 33.7 Å². The fourth-order valence-corrected chi connectivity index (χ4v) is 2.80. The van der Waals surface area contributed by atoms with Crippen molar-refractivity contribution in [3.63, 3.8) is 0 Å². The van der Waals surface area contributed by atoms with Crippen LogP contribution in [0.15, 0.2) is 71.4 Å². The highest BCUT2D eigenvalue weighted by Crippen LogP contribution is 2.42. The third-order valence-electron chi connectivity index (χ3n) is 3.82. The van der Waals surface area contributed by atoms with Crippen LogP contribution >= 0.6 is 0 Å². The van der Waals surface area contributed by atoms with E-state index in [1.54, 1.807) is 0 Å². The fourth-order valence-electron chi connectivity index (χ4n) is 2.80. The Balaban J connectivity index is 2.11. The molecule has 4 nitrogen and oxygen atoms in total. The molecule has 0 spiro atoms. The molecule has 2 aromatic heterocycles. The molecule has 0 aliphatic heterocycles. The standard InChI is InChI=1S/C19H15N3O/c1-20-18-16-15(13-8-4-2-5-9-13)17(14-10-6-3-7-11-14)23-19(16)22-12-21-18/h2-12H,1H3,(H,20,21,22). The number of benzene rings is 2. The summed E-state index contributed by atoms with van der Waals surface area (Å²) in [5.41, 5.74) is 3.70. The maximum atomic E-state index is 6.09. The quantitative estimate of drug-likeness (QED) is 0.601. The summed E-state index contributed by atoms with van der Waals surface area (Å²) in [6.45, 7) is 0. The minimum Gasteiger partial charge on any atom is -0.437 e. The normalized spacial score (nSPS) is 10.8. The fraction of sp³-hybridized carbons (Fsp3) is 0.0526. The van der Waals surface area contributed by atoms with Gasteiger partial charge in [-0.2, -0.15) is 0 Å². The Hall–Kier alpha value is -3.14. The van der Waals surface area contributed by atoms with Crippen molar-refractivity contribution in [2.24, 2.45) is 0 Å². The van der Waals surface area contributed by atoms with Gasteiger partial charge in [0.05, 0.1) is 5.39 Å². The van der Waals surface area contributed by atoms with Crippen LogP contribution in [-0.2, 0) is 0 Å². The van der Waals surface area contributed by atoms with Crippen molar-refractivity contribution in [3.8, 4) is 22.5 Å². The van der Waals surface area contributed by atoms with E-state index in [9.17, 15) is 0 Å². The highest BCUT2D eigenvalue weighted by molar-refractivity contribution is 6.05. The van der Waals surface area contributed by atoms with Gasteiger partial charge in [0, 0.05) is 18.2 Å². The summed E-state index contributed by atoms with van der Waals surface area (Å²) in [7, 11) is 1.85. The molecule has 112 valence electrons. The monoisotopic (exact) mass is 301 g/mol. The maximum absolute atomic E-state index is 6.09. The molecule has 0 aliphatic carbocycles. The third-order valence-corrected chi connectivity index (χ3v) is 3.82. The molecule has 4 heteroatoms. The van der Waals surface area contributed by atoms with Crippen molar-refractivity contribution < 1.29 is 4.42 Å². The number of anilines is 1. The first-order valence-electron chi connectivity index (χ1n) is 7.44. The lowest BCUT2D eigenvalue weighted by atomic mass is 9.99. The van der Waals surface area contributed by atoms with Crippen LogP contribution in [0.25, 0.3) is 33.6 Å². The molecule has 0 aliphatic rings. The topological polar surface area (TPSA) is 51.0 Å². The second-order valence-corrected chi connectivity index (χ2v) is 5.19. The third kappa shape index (κ3) is 2.25. The van der Waals surface area contributed by atoms with Gasteiger partial charge < -0.3 is 9.73 Å². The second kappa shape index (κ2) is 5.57. The van der Waals surface area contributed by atoms with Crippen molar-refractivity contribution in [2.75, 3.05) is 12.4 Å². The Bertz CT molecular complexity index is 946. The van der Waals surface area contributed by atoms with E-state index in [1.807, 2.05) is 55.6 Å². The largest absolute Gasteiger partial charge is 0.437 e. The van der Waals surface area contributed by atoms with Crippen molar-refractivity contribution >= 4 is 16.9 Å². The number of nitrogens with one attached hydrogen (secondary N) is 1. The highest BCUT2D eigenvalue weighted by atomic mass is 16.3. The SMILES string of the molecule is CNc1ncnc2oc(-c3ccccc3)c(-c3ccccc3)c12. The Morgan fingerprint density at radius 3 is 2.13 bits per heavy atom. The number of hydrogen-bond acceptors (Lipinski definition) is 4. The summed E-state index contributed by atoms with van der Waals surface area (Å²) in [4.78, 5) is 8.64. The molecule has 4 rings (SSSR count). The van der Waals surface area contributed by atoms with Gasteiger partial charge in [-0.15, -0.1) is 0 Å². The molecule has 0 saturated carbocycles. The predicted octanol–water partition coefficient (Wildman–Crippen LogP) is 4.60. The van der Waals surface area contributed by atoms with Crippen LogP contribution in [0.4, 0.5) is 5.82 Å². The molecule has 0 radical (unpaired) electrons. The lowest BCUT2D eigenvalue weighted by Crippen LogP contribution is -1.94. The Morgan fingerprint density at radius 2 is 1.48 bits per heavy atom. The Morgan fingerprint density at radius 1 is 0.826 bits per heavy atom. The van der Waals surface area contributed by atoms with Gasteiger partial charge in [-0.25, -0.2) is 9.97 Å². The van der Waals surface area contributed by atoms with Crippen molar-refractivity contribution in [2.45, 2.75) is 0 Å². The van der Waals surface area contributed by atoms with Gasteiger partial charge in [0.25, 0.3) is 0 Å². The minimum atomic E-state index is 0.585. The molecule has 1 N–H and O–H groups in total. The van der Waals surface area contributed by atoms with Crippen molar-refractivity contribution in [1.82, 2.24) is 9.97 Å². The molecule has 2 aromatic carbocycles. The molecular formula is C19H15N3O. The molecule has 2 heterocycles. The molecule has 0 fully saturated rings. The molecule has 23 heavy (non-hydrogen) atoms. The van der Waals surface area contributed by atoms with Gasteiger partial charge in [-0.3, -0.25) is 0 Å². The minimum absolute atomic E-state index is 0.585. The lowest BCUT2D eigenvalue weighted by Gasteiger charge is -2.05. The van der Waals surface area contributed by atoms with E-state index in [2.05, 4.69) is 27.4 Å². The molecule has 0 atom stereocenters.